The van der Waals surface area contributed by atoms with Crippen LogP contribution < -0.4 is 4.74 Å². The highest BCUT2D eigenvalue weighted by atomic mass is 31.2. The van der Waals surface area contributed by atoms with Gasteiger partial charge in [-0.2, -0.15) is 4.20 Å². The van der Waals surface area contributed by atoms with Gasteiger partial charge in [0.1, 0.15) is 0 Å². The Morgan fingerprint density at radius 2 is 2.20 bits per heavy atom. The van der Waals surface area contributed by atoms with Gasteiger partial charge in [0.15, 0.2) is 11.5 Å². The van der Waals surface area contributed by atoms with Crippen LogP contribution in [0.2, 0.25) is 0 Å². The van der Waals surface area contributed by atoms with Crippen LogP contribution in [0.15, 0.2) is 24.0 Å². The average Bonchev–Trinajstić information content (AvgIpc) is 2.15. The molecule has 0 aliphatic carbocycles. The van der Waals surface area contributed by atoms with Crippen LogP contribution in [-0.2, 0) is 4.57 Å². The van der Waals surface area contributed by atoms with Crippen molar-refractivity contribution in [2.45, 2.75) is 0 Å². The molecule has 0 saturated heterocycles. The van der Waals surface area contributed by atoms with Crippen LogP contribution in [0.5, 0.6) is 11.5 Å². The Morgan fingerprint density at radius 1 is 1.53 bits per heavy atom. The van der Waals surface area contributed by atoms with E-state index < -0.39 is 7.68 Å². The Labute approximate surface area is 86.2 Å². The monoisotopic (exact) mass is 232 g/mol. The Balaban J connectivity index is 2.98. The first-order valence-electron chi connectivity index (χ1n) is 4.01. The van der Waals surface area contributed by atoms with Crippen LogP contribution in [0.4, 0.5) is 4.20 Å². The highest BCUT2D eigenvalue weighted by molar-refractivity contribution is 7.56. The van der Waals surface area contributed by atoms with Crippen LogP contribution in [-0.4, -0.2) is 17.1 Å². The lowest BCUT2D eigenvalue weighted by atomic mass is 10.2. The number of rotatable bonds is 3. The van der Waals surface area contributed by atoms with E-state index in [1.807, 2.05) is 0 Å². The van der Waals surface area contributed by atoms with E-state index in [9.17, 15) is 13.9 Å². The molecule has 1 unspecified atom stereocenters. The number of methoxy groups -OCH3 is 1. The van der Waals surface area contributed by atoms with E-state index in [4.69, 9.17) is 9.63 Å². The topological polar surface area (TPSA) is 66.8 Å². The molecule has 0 radical (unpaired) electrons. The van der Waals surface area contributed by atoms with E-state index >= 15 is 0 Å². The molecule has 6 heteroatoms. The standard InChI is InChI=1S/C9H10FO4P/c1-14-9-6-7(2-3-8(9)11)4-5-15(10,12)13/h2-6,11H,1H3,(H,12,13)/b5-4+. The number of phenolic OH excluding ortho intramolecular Hbond substituents is 1. The molecule has 0 aliphatic rings. The van der Waals surface area contributed by atoms with Crippen molar-refractivity contribution >= 4 is 13.8 Å². The van der Waals surface area contributed by atoms with Crippen LogP contribution in [0, 0.1) is 0 Å². The number of ether oxygens (including phenoxy) is 1. The number of phenols is 1. The molecule has 2 N–H and O–H groups in total. The third kappa shape index (κ3) is 3.73. The molecule has 0 fully saturated rings. The zero-order valence-corrected chi connectivity index (χ0v) is 8.82. The van der Waals surface area contributed by atoms with Crippen LogP contribution in [0.1, 0.15) is 5.56 Å². The molecule has 15 heavy (non-hydrogen) atoms. The highest BCUT2D eigenvalue weighted by Crippen LogP contribution is 2.44. The number of halogens is 1. The van der Waals surface area contributed by atoms with E-state index in [1.165, 1.54) is 25.3 Å². The van der Waals surface area contributed by atoms with E-state index in [-0.39, 0.29) is 11.5 Å². The molecule has 0 aliphatic heterocycles. The summed E-state index contributed by atoms with van der Waals surface area (Å²) in [5.41, 5.74) is 0.455. The highest BCUT2D eigenvalue weighted by Gasteiger charge is 2.09. The van der Waals surface area contributed by atoms with Gasteiger partial charge in [0.05, 0.1) is 7.11 Å². The predicted molar refractivity (Wildman–Crippen MR) is 54.6 cm³/mol. The van der Waals surface area contributed by atoms with Gasteiger partial charge in [-0.15, -0.1) is 0 Å². The van der Waals surface area contributed by atoms with Crippen molar-refractivity contribution in [2.24, 2.45) is 0 Å². The summed E-state index contributed by atoms with van der Waals surface area (Å²) in [6, 6.07) is 4.23. The summed E-state index contributed by atoms with van der Waals surface area (Å²) < 4.78 is 27.4. The van der Waals surface area contributed by atoms with Crippen LogP contribution >= 0.6 is 7.68 Å². The van der Waals surface area contributed by atoms with Gasteiger partial charge in [0.25, 0.3) is 0 Å². The van der Waals surface area contributed by atoms with Gasteiger partial charge in [-0.25, -0.2) is 0 Å². The molecule has 0 saturated carbocycles. The van der Waals surface area contributed by atoms with Crippen molar-refractivity contribution in [3.8, 4) is 11.5 Å². The van der Waals surface area contributed by atoms with E-state index in [0.29, 0.717) is 11.4 Å². The molecular weight excluding hydrogens is 222 g/mol. The summed E-state index contributed by atoms with van der Waals surface area (Å²) in [7, 11) is -3.28. The Bertz CT molecular complexity index is 424. The number of aromatic hydroxyl groups is 1. The summed E-state index contributed by atoms with van der Waals surface area (Å²) in [4.78, 5) is 8.38. The Hall–Kier alpha value is -1.32. The molecule has 0 aromatic heterocycles. The SMILES string of the molecule is COc1cc(/C=C/P(=O)(O)F)ccc1O. The maximum atomic E-state index is 12.3. The molecule has 0 amide bonds. The molecule has 0 bridgehead atoms. The van der Waals surface area contributed by atoms with Crippen molar-refractivity contribution in [2.75, 3.05) is 7.11 Å². The normalized spacial score (nSPS) is 15.1. The quantitative estimate of drug-likeness (QED) is 0.786. The zero-order chi connectivity index (χ0) is 11.5. The van der Waals surface area contributed by atoms with Crippen molar-refractivity contribution in [1.82, 2.24) is 0 Å². The van der Waals surface area contributed by atoms with Crippen molar-refractivity contribution in [3.05, 3.63) is 29.6 Å². The Morgan fingerprint density at radius 3 is 2.73 bits per heavy atom. The minimum atomic E-state index is -4.65. The summed E-state index contributed by atoms with van der Waals surface area (Å²) in [5, 5.41) is 9.24. The first kappa shape index (κ1) is 11.8. The molecule has 1 rings (SSSR count). The van der Waals surface area contributed by atoms with Gasteiger partial charge in [-0.3, -0.25) is 4.57 Å². The predicted octanol–water partition coefficient (Wildman–Crippen LogP) is 2.53. The lowest BCUT2D eigenvalue weighted by molar-refractivity contribution is 0.373. The summed E-state index contributed by atoms with van der Waals surface area (Å²) in [5.74, 6) is 0.726. The smallest absolute Gasteiger partial charge is 0.388 e. The van der Waals surface area contributed by atoms with Crippen molar-refractivity contribution in [3.63, 3.8) is 0 Å². The third-order valence-corrected chi connectivity index (χ3v) is 2.17. The Kier molecular flexibility index (Phi) is 3.50. The summed E-state index contributed by atoms with van der Waals surface area (Å²) >= 11 is 0. The number of hydrogen-bond donors (Lipinski definition) is 2. The van der Waals surface area contributed by atoms with Crippen LogP contribution in [0.3, 0.4) is 0 Å². The van der Waals surface area contributed by atoms with Gasteiger partial charge in [0, 0.05) is 5.82 Å². The molecule has 1 atom stereocenters. The zero-order valence-electron chi connectivity index (χ0n) is 7.92. The first-order chi connectivity index (χ1) is 6.92. The first-order valence-corrected chi connectivity index (χ1v) is 5.63. The van der Waals surface area contributed by atoms with Gasteiger partial charge < -0.3 is 14.7 Å². The maximum Gasteiger partial charge on any atom is 0.388 e. The van der Waals surface area contributed by atoms with Crippen molar-refractivity contribution in [1.29, 1.82) is 0 Å². The molecule has 1 aromatic rings. The lowest BCUT2D eigenvalue weighted by Crippen LogP contribution is -1.84. The largest absolute Gasteiger partial charge is 0.504 e. The molecule has 0 heterocycles. The van der Waals surface area contributed by atoms with Crippen LogP contribution in [0.25, 0.3) is 6.08 Å². The molecule has 4 nitrogen and oxygen atoms in total. The second-order valence-electron chi connectivity index (χ2n) is 2.79. The summed E-state index contributed by atoms with van der Waals surface area (Å²) in [6.07, 6.45) is 1.14. The maximum absolute atomic E-state index is 12.3. The fourth-order valence-electron chi connectivity index (χ4n) is 0.976. The molecule has 0 spiro atoms. The molecular formula is C9H10FO4P. The fraction of sp³-hybridized carbons (Fsp3) is 0.111. The average molecular weight is 232 g/mol. The second kappa shape index (κ2) is 4.47. The van der Waals surface area contributed by atoms with Crippen molar-refractivity contribution < 1.29 is 23.5 Å². The number of hydrogen-bond acceptors (Lipinski definition) is 3. The van der Waals surface area contributed by atoms with E-state index in [0.717, 1.165) is 6.08 Å². The lowest BCUT2D eigenvalue weighted by Gasteiger charge is -2.03. The van der Waals surface area contributed by atoms with Gasteiger partial charge in [-0.05, 0) is 23.8 Å². The van der Waals surface area contributed by atoms with Gasteiger partial charge in [-0.1, -0.05) is 6.07 Å². The van der Waals surface area contributed by atoms with E-state index in [1.54, 1.807) is 0 Å². The summed E-state index contributed by atoms with van der Waals surface area (Å²) in [6.45, 7) is 0. The minimum Gasteiger partial charge on any atom is -0.504 e. The van der Waals surface area contributed by atoms with E-state index in [2.05, 4.69) is 0 Å². The number of benzene rings is 1. The second-order valence-corrected chi connectivity index (χ2v) is 4.18. The molecule has 1 aromatic carbocycles. The van der Waals surface area contributed by atoms with Gasteiger partial charge >= 0.3 is 7.68 Å². The molecule has 82 valence electrons. The third-order valence-electron chi connectivity index (χ3n) is 1.65. The fourth-order valence-corrected chi connectivity index (χ4v) is 1.33. The minimum absolute atomic E-state index is 0.0536. The van der Waals surface area contributed by atoms with Gasteiger partial charge in [0.2, 0.25) is 0 Å².